The van der Waals surface area contributed by atoms with E-state index >= 15 is 0 Å². The second kappa shape index (κ2) is 6.85. The monoisotopic (exact) mass is 171 g/mol. The van der Waals surface area contributed by atoms with Gasteiger partial charge in [-0.05, 0) is 6.42 Å². The summed E-state index contributed by atoms with van der Waals surface area (Å²) in [5.41, 5.74) is 0.228. The largest absolute Gasteiger partial charge is 0.391 e. The van der Waals surface area contributed by atoms with Crippen LogP contribution >= 0.6 is 0 Å². The summed E-state index contributed by atoms with van der Waals surface area (Å²) in [5.74, 6) is -0.242. The predicted molar refractivity (Wildman–Crippen MR) is 48.8 cm³/mol. The van der Waals surface area contributed by atoms with E-state index in [4.69, 9.17) is 5.11 Å². The first-order valence-corrected chi connectivity index (χ1v) is 4.29. The summed E-state index contributed by atoms with van der Waals surface area (Å²) < 4.78 is 0. The number of carbonyl (C=O) groups excluding carboxylic acids is 1. The van der Waals surface area contributed by atoms with Crippen LogP contribution in [0.3, 0.4) is 0 Å². The van der Waals surface area contributed by atoms with Crippen LogP contribution in [-0.4, -0.2) is 24.2 Å². The second-order valence-electron chi connectivity index (χ2n) is 2.72. The molecular weight excluding hydrogens is 154 g/mol. The Labute approximate surface area is 73.5 Å². The van der Waals surface area contributed by atoms with Crippen molar-refractivity contribution in [3.8, 4) is 0 Å². The molecule has 0 radical (unpaired) electrons. The Morgan fingerprint density at radius 1 is 1.50 bits per heavy atom. The van der Waals surface area contributed by atoms with Crippen molar-refractivity contribution in [1.82, 2.24) is 5.32 Å². The van der Waals surface area contributed by atoms with Crippen LogP contribution in [-0.2, 0) is 4.79 Å². The van der Waals surface area contributed by atoms with Crippen LogP contribution in [0.2, 0.25) is 0 Å². The standard InChI is InChI=1S/C9H17NO2/c1-3-4-5-6-10-9(12)8(2)7-11/h11H,2-7H2,1H3,(H,10,12). The van der Waals surface area contributed by atoms with Gasteiger partial charge in [-0.3, -0.25) is 4.79 Å². The van der Waals surface area contributed by atoms with Gasteiger partial charge < -0.3 is 10.4 Å². The molecule has 0 spiro atoms. The molecule has 0 aromatic rings. The van der Waals surface area contributed by atoms with Crippen LogP contribution in [0, 0.1) is 0 Å². The van der Waals surface area contributed by atoms with Gasteiger partial charge in [-0.2, -0.15) is 0 Å². The zero-order valence-electron chi connectivity index (χ0n) is 7.60. The third-order valence-corrected chi connectivity index (χ3v) is 1.58. The molecule has 70 valence electrons. The molecule has 0 saturated heterocycles. The summed E-state index contributed by atoms with van der Waals surface area (Å²) in [6.45, 7) is 5.92. The minimum Gasteiger partial charge on any atom is -0.391 e. The van der Waals surface area contributed by atoms with E-state index in [1.54, 1.807) is 0 Å². The fraction of sp³-hybridized carbons (Fsp3) is 0.667. The number of rotatable bonds is 6. The number of aliphatic hydroxyl groups excluding tert-OH is 1. The van der Waals surface area contributed by atoms with Crippen LogP contribution in [0.4, 0.5) is 0 Å². The zero-order valence-corrected chi connectivity index (χ0v) is 7.60. The topological polar surface area (TPSA) is 49.3 Å². The van der Waals surface area contributed by atoms with Gasteiger partial charge in [-0.25, -0.2) is 0 Å². The highest BCUT2D eigenvalue weighted by atomic mass is 16.3. The first kappa shape index (κ1) is 11.2. The van der Waals surface area contributed by atoms with E-state index in [0.29, 0.717) is 6.54 Å². The normalized spacial score (nSPS) is 9.50. The van der Waals surface area contributed by atoms with E-state index < -0.39 is 0 Å². The van der Waals surface area contributed by atoms with Crippen LogP contribution in [0.1, 0.15) is 26.2 Å². The van der Waals surface area contributed by atoms with Gasteiger partial charge in [0, 0.05) is 12.1 Å². The van der Waals surface area contributed by atoms with Gasteiger partial charge >= 0.3 is 0 Å². The molecular formula is C9H17NO2. The summed E-state index contributed by atoms with van der Waals surface area (Å²) in [7, 11) is 0. The maximum Gasteiger partial charge on any atom is 0.248 e. The number of nitrogens with one attached hydrogen (secondary N) is 1. The summed E-state index contributed by atoms with van der Waals surface area (Å²) in [6, 6.07) is 0. The molecule has 3 heteroatoms. The van der Waals surface area contributed by atoms with Gasteiger partial charge in [-0.1, -0.05) is 26.3 Å². The van der Waals surface area contributed by atoms with Gasteiger partial charge in [0.2, 0.25) is 5.91 Å². The molecule has 0 heterocycles. The molecule has 1 amide bonds. The Morgan fingerprint density at radius 3 is 2.67 bits per heavy atom. The Hall–Kier alpha value is -0.830. The van der Waals surface area contributed by atoms with E-state index in [-0.39, 0.29) is 18.1 Å². The van der Waals surface area contributed by atoms with Crippen LogP contribution in [0.25, 0.3) is 0 Å². The van der Waals surface area contributed by atoms with Crippen LogP contribution in [0.15, 0.2) is 12.2 Å². The van der Waals surface area contributed by atoms with Gasteiger partial charge in [0.15, 0.2) is 0 Å². The quantitative estimate of drug-likeness (QED) is 0.459. The van der Waals surface area contributed by atoms with E-state index in [9.17, 15) is 4.79 Å². The van der Waals surface area contributed by atoms with Crippen LogP contribution < -0.4 is 5.32 Å². The van der Waals surface area contributed by atoms with Gasteiger partial charge in [0.25, 0.3) is 0 Å². The number of hydrogen-bond acceptors (Lipinski definition) is 2. The minimum absolute atomic E-state index is 0.228. The van der Waals surface area contributed by atoms with E-state index in [2.05, 4.69) is 18.8 Å². The lowest BCUT2D eigenvalue weighted by Crippen LogP contribution is -2.26. The van der Waals surface area contributed by atoms with Crippen molar-refractivity contribution in [1.29, 1.82) is 0 Å². The summed E-state index contributed by atoms with van der Waals surface area (Å²) >= 11 is 0. The maximum atomic E-state index is 11.0. The zero-order chi connectivity index (χ0) is 9.40. The molecule has 12 heavy (non-hydrogen) atoms. The molecule has 0 rings (SSSR count). The van der Waals surface area contributed by atoms with Gasteiger partial charge in [0.05, 0.1) is 6.61 Å². The van der Waals surface area contributed by atoms with Crippen molar-refractivity contribution in [2.24, 2.45) is 0 Å². The van der Waals surface area contributed by atoms with Crippen molar-refractivity contribution >= 4 is 5.91 Å². The molecule has 0 aliphatic rings. The first-order chi connectivity index (χ1) is 5.72. The van der Waals surface area contributed by atoms with E-state index in [0.717, 1.165) is 19.3 Å². The fourth-order valence-corrected chi connectivity index (χ4v) is 0.774. The molecule has 0 aromatic heterocycles. The number of unbranched alkanes of at least 4 members (excludes halogenated alkanes) is 2. The molecule has 0 aromatic carbocycles. The SMILES string of the molecule is C=C(CO)C(=O)NCCCCC. The maximum absolute atomic E-state index is 11.0. The molecule has 0 fully saturated rings. The van der Waals surface area contributed by atoms with E-state index in [1.807, 2.05) is 0 Å². The van der Waals surface area contributed by atoms with E-state index in [1.165, 1.54) is 0 Å². The van der Waals surface area contributed by atoms with Crippen molar-refractivity contribution < 1.29 is 9.90 Å². The molecule has 2 N–H and O–H groups in total. The lowest BCUT2D eigenvalue weighted by atomic mass is 10.2. The highest BCUT2D eigenvalue weighted by Gasteiger charge is 2.02. The highest BCUT2D eigenvalue weighted by molar-refractivity contribution is 5.92. The van der Waals surface area contributed by atoms with Gasteiger partial charge in [0.1, 0.15) is 0 Å². The molecule has 0 atom stereocenters. The van der Waals surface area contributed by atoms with Crippen LogP contribution in [0.5, 0.6) is 0 Å². The third-order valence-electron chi connectivity index (χ3n) is 1.58. The second-order valence-corrected chi connectivity index (χ2v) is 2.72. The Morgan fingerprint density at radius 2 is 2.17 bits per heavy atom. The molecule has 0 aliphatic carbocycles. The summed E-state index contributed by atoms with van der Waals surface area (Å²) in [4.78, 5) is 11.0. The van der Waals surface area contributed by atoms with Crippen molar-refractivity contribution in [3.63, 3.8) is 0 Å². The minimum atomic E-state index is -0.264. The third kappa shape index (κ3) is 4.91. The Balaban J connectivity index is 3.38. The van der Waals surface area contributed by atoms with Gasteiger partial charge in [-0.15, -0.1) is 0 Å². The smallest absolute Gasteiger partial charge is 0.248 e. The number of carbonyl (C=O) groups is 1. The number of amides is 1. The van der Waals surface area contributed by atoms with Crippen molar-refractivity contribution in [3.05, 3.63) is 12.2 Å². The average Bonchev–Trinajstić information content (AvgIpc) is 2.10. The Kier molecular flexibility index (Phi) is 6.38. The molecule has 0 saturated carbocycles. The molecule has 0 unspecified atom stereocenters. The molecule has 0 aliphatic heterocycles. The van der Waals surface area contributed by atoms with Crippen molar-refractivity contribution in [2.45, 2.75) is 26.2 Å². The Bertz CT molecular complexity index is 155. The van der Waals surface area contributed by atoms with Crippen molar-refractivity contribution in [2.75, 3.05) is 13.2 Å². The average molecular weight is 171 g/mol. The fourth-order valence-electron chi connectivity index (χ4n) is 0.774. The lowest BCUT2D eigenvalue weighted by molar-refractivity contribution is -0.117. The molecule has 3 nitrogen and oxygen atoms in total. The molecule has 0 bridgehead atoms. The summed E-state index contributed by atoms with van der Waals surface area (Å²) in [5, 5.41) is 11.2. The highest BCUT2D eigenvalue weighted by Crippen LogP contribution is 1.92. The number of hydrogen-bond donors (Lipinski definition) is 2. The first-order valence-electron chi connectivity index (χ1n) is 4.29. The lowest BCUT2D eigenvalue weighted by Gasteiger charge is -2.04. The summed E-state index contributed by atoms with van der Waals surface area (Å²) in [6.07, 6.45) is 3.24. The number of aliphatic hydroxyl groups is 1. The predicted octanol–water partition coefficient (Wildman–Crippen LogP) is 0.841.